The molecule has 1 unspecified atom stereocenters. The maximum Gasteiger partial charge on any atom is 0.308 e. The Morgan fingerprint density at radius 2 is 1.89 bits per heavy atom. The summed E-state index contributed by atoms with van der Waals surface area (Å²) in [5.74, 6) is 1.83. The summed E-state index contributed by atoms with van der Waals surface area (Å²) in [4.78, 5) is 16.4. The highest BCUT2D eigenvalue weighted by molar-refractivity contribution is 7.84. The Morgan fingerprint density at radius 1 is 1.18 bits per heavy atom. The second-order valence-electron chi connectivity index (χ2n) is 6.98. The van der Waals surface area contributed by atoms with Crippen LogP contribution in [0.1, 0.15) is 45.1 Å². The zero-order valence-corrected chi connectivity index (χ0v) is 17.8. The van der Waals surface area contributed by atoms with Crippen molar-refractivity contribution in [3.8, 4) is 0 Å². The molecule has 1 saturated carbocycles. The summed E-state index contributed by atoms with van der Waals surface area (Å²) in [6.45, 7) is 5.61. The molecule has 1 aromatic carbocycles. The number of nitrogens with one attached hydrogen (secondary N) is 2. The van der Waals surface area contributed by atoms with E-state index >= 15 is 0 Å². The Hall–Kier alpha value is -1.89. The average Bonchev–Trinajstić information content (AvgIpc) is 2.69. The number of hydrogen-bond acceptors (Lipinski definition) is 4. The summed E-state index contributed by atoms with van der Waals surface area (Å²) in [7, 11) is -0.924. The van der Waals surface area contributed by atoms with E-state index in [0.717, 1.165) is 43.8 Å². The van der Waals surface area contributed by atoms with Crippen molar-refractivity contribution >= 4 is 22.7 Å². The van der Waals surface area contributed by atoms with Gasteiger partial charge in [0.05, 0.1) is 19.1 Å². The number of hydrogen-bond donors (Lipinski definition) is 2. The third kappa shape index (κ3) is 8.00. The predicted molar refractivity (Wildman–Crippen MR) is 115 cm³/mol. The Kier molecular flexibility index (Phi) is 10.0. The molecule has 1 aromatic rings. The molecule has 0 radical (unpaired) electrons. The van der Waals surface area contributed by atoms with E-state index in [-0.39, 0.29) is 11.9 Å². The summed E-state index contributed by atoms with van der Waals surface area (Å²) >= 11 is 0. The number of guanidine groups is 1. The van der Waals surface area contributed by atoms with Gasteiger partial charge >= 0.3 is 5.97 Å². The van der Waals surface area contributed by atoms with Gasteiger partial charge in [-0.25, -0.2) is 0 Å². The van der Waals surface area contributed by atoms with Crippen LogP contribution in [0.2, 0.25) is 0 Å². The number of benzene rings is 1. The second-order valence-corrected chi connectivity index (χ2v) is 8.56. The molecule has 28 heavy (non-hydrogen) atoms. The molecule has 1 aliphatic rings. The Balaban J connectivity index is 1.76. The van der Waals surface area contributed by atoms with Crippen LogP contribution in [0.3, 0.4) is 0 Å². The molecule has 0 amide bonds. The van der Waals surface area contributed by atoms with Gasteiger partial charge in [0.1, 0.15) is 0 Å². The van der Waals surface area contributed by atoms with E-state index in [1.54, 1.807) is 0 Å². The molecule has 1 atom stereocenters. The van der Waals surface area contributed by atoms with E-state index in [9.17, 15) is 9.00 Å². The van der Waals surface area contributed by atoms with Crippen LogP contribution in [0.25, 0.3) is 0 Å². The maximum atomic E-state index is 12.3. The topological polar surface area (TPSA) is 79.8 Å². The highest BCUT2D eigenvalue weighted by Crippen LogP contribution is 2.25. The van der Waals surface area contributed by atoms with E-state index in [1.807, 2.05) is 44.2 Å². The van der Waals surface area contributed by atoms with Gasteiger partial charge in [-0.3, -0.25) is 14.0 Å². The number of ether oxygens (including phenoxy) is 1. The van der Waals surface area contributed by atoms with Crippen molar-refractivity contribution in [3.05, 3.63) is 35.9 Å². The van der Waals surface area contributed by atoms with Crippen LogP contribution in [0.5, 0.6) is 0 Å². The molecule has 1 aliphatic carbocycles. The van der Waals surface area contributed by atoms with Crippen molar-refractivity contribution < 1.29 is 13.7 Å². The first kappa shape index (κ1) is 22.4. The van der Waals surface area contributed by atoms with Crippen LogP contribution in [-0.2, 0) is 26.1 Å². The third-order valence-corrected chi connectivity index (χ3v) is 6.08. The smallest absolute Gasteiger partial charge is 0.308 e. The molecule has 0 saturated heterocycles. The number of carbonyl (C=O) groups excluding carboxylic acids is 1. The second kappa shape index (κ2) is 12.5. The van der Waals surface area contributed by atoms with Gasteiger partial charge in [-0.1, -0.05) is 30.3 Å². The molecule has 1 fully saturated rings. The number of carbonyl (C=O) groups is 1. The Labute approximate surface area is 171 Å². The minimum Gasteiger partial charge on any atom is -0.466 e. The van der Waals surface area contributed by atoms with Crippen molar-refractivity contribution in [2.45, 2.75) is 51.3 Å². The summed E-state index contributed by atoms with van der Waals surface area (Å²) in [6.07, 6.45) is 3.54. The van der Waals surface area contributed by atoms with E-state index in [1.165, 1.54) is 0 Å². The fraction of sp³-hybridized carbons (Fsp3) is 0.619. The van der Waals surface area contributed by atoms with Crippen LogP contribution in [0.4, 0.5) is 0 Å². The average molecular weight is 408 g/mol. The first-order valence-corrected chi connectivity index (χ1v) is 11.7. The lowest BCUT2D eigenvalue weighted by molar-refractivity contribution is -0.149. The summed E-state index contributed by atoms with van der Waals surface area (Å²) in [5.41, 5.74) is 1.09. The SMILES string of the molecule is CCNC(=NCCS(=O)Cc1ccccc1)NC1CCC(C(=O)OCC)CC1. The van der Waals surface area contributed by atoms with Crippen LogP contribution in [-0.4, -0.2) is 47.6 Å². The van der Waals surface area contributed by atoms with Crippen LogP contribution in [0, 0.1) is 5.92 Å². The van der Waals surface area contributed by atoms with Gasteiger partial charge in [0.15, 0.2) is 5.96 Å². The molecule has 0 bridgehead atoms. The first-order chi connectivity index (χ1) is 13.6. The van der Waals surface area contributed by atoms with Gasteiger partial charge in [-0.15, -0.1) is 0 Å². The molecule has 7 heteroatoms. The standard InChI is InChI=1S/C21H33N3O3S/c1-3-22-21(23-14-15-28(26)16-17-8-6-5-7-9-17)24-19-12-10-18(11-13-19)20(25)27-4-2/h5-9,18-19H,3-4,10-16H2,1-2H3,(H2,22,23,24). The minimum atomic E-state index is -0.924. The van der Waals surface area contributed by atoms with Crippen molar-refractivity contribution in [1.29, 1.82) is 0 Å². The Bertz CT molecular complexity index is 644. The summed E-state index contributed by atoms with van der Waals surface area (Å²) in [5, 5.41) is 6.72. The van der Waals surface area contributed by atoms with Crippen molar-refractivity contribution in [2.75, 3.05) is 25.4 Å². The number of nitrogens with zero attached hydrogens (tertiary/aromatic N) is 1. The Morgan fingerprint density at radius 3 is 2.54 bits per heavy atom. The monoisotopic (exact) mass is 407 g/mol. The lowest BCUT2D eigenvalue weighted by atomic mass is 9.86. The lowest BCUT2D eigenvalue weighted by Crippen LogP contribution is -2.45. The molecule has 156 valence electrons. The minimum absolute atomic E-state index is 0.0259. The summed E-state index contributed by atoms with van der Waals surface area (Å²) < 4.78 is 17.4. The molecule has 0 spiro atoms. The number of esters is 1. The first-order valence-electron chi connectivity index (χ1n) is 10.2. The van der Waals surface area contributed by atoms with Crippen LogP contribution < -0.4 is 10.6 Å². The van der Waals surface area contributed by atoms with Crippen molar-refractivity contribution in [2.24, 2.45) is 10.9 Å². The molecule has 6 nitrogen and oxygen atoms in total. The van der Waals surface area contributed by atoms with Crippen molar-refractivity contribution in [1.82, 2.24) is 10.6 Å². The largest absolute Gasteiger partial charge is 0.466 e. The summed E-state index contributed by atoms with van der Waals surface area (Å²) in [6, 6.07) is 10.2. The molecule has 2 rings (SSSR count). The highest BCUT2D eigenvalue weighted by Gasteiger charge is 2.27. The quantitative estimate of drug-likeness (QED) is 0.374. The van der Waals surface area contributed by atoms with Gasteiger partial charge < -0.3 is 15.4 Å². The van der Waals surface area contributed by atoms with E-state index in [2.05, 4.69) is 15.6 Å². The zero-order chi connectivity index (χ0) is 20.2. The van der Waals surface area contributed by atoms with E-state index < -0.39 is 10.8 Å². The zero-order valence-electron chi connectivity index (χ0n) is 17.0. The number of aliphatic imine (C=N–C) groups is 1. The van der Waals surface area contributed by atoms with E-state index in [0.29, 0.717) is 30.7 Å². The van der Waals surface area contributed by atoms with Gasteiger partial charge in [0, 0.05) is 34.9 Å². The maximum absolute atomic E-state index is 12.3. The third-order valence-electron chi connectivity index (χ3n) is 4.79. The predicted octanol–water partition coefficient (Wildman–Crippen LogP) is 2.61. The lowest BCUT2D eigenvalue weighted by Gasteiger charge is -2.29. The van der Waals surface area contributed by atoms with Gasteiger partial charge in [0.2, 0.25) is 0 Å². The normalized spacial score (nSPS) is 21.0. The number of rotatable bonds is 9. The van der Waals surface area contributed by atoms with E-state index in [4.69, 9.17) is 4.74 Å². The van der Waals surface area contributed by atoms with Gasteiger partial charge in [-0.2, -0.15) is 0 Å². The van der Waals surface area contributed by atoms with Gasteiger partial charge in [0.25, 0.3) is 0 Å². The molecular formula is C21H33N3O3S. The fourth-order valence-corrected chi connectivity index (χ4v) is 4.34. The molecular weight excluding hydrogens is 374 g/mol. The van der Waals surface area contributed by atoms with Crippen LogP contribution >= 0.6 is 0 Å². The molecule has 0 aromatic heterocycles. The highest BCUT2D eigenvalue weighted by atomic mass is 32.2. The van der Waals surface area contributed by atoms with Gasteiger partial charge in [-0.05, 0) is 45.1 Å². The van der Waals surface area contributed by atoms with Crippen LogP contribution in [0.15, 0.2) is 35.3 Å². The molecule has 0 aliphatic heterocycles. The molecule has 2 N–H and O–H groups in total. The fourth-order valence-electron chi connectivity index (χ4n) is 3.34. The van der Waals surface area contributed by atoms with Crippen molar-refractivity contribution in [3.63, 3.8) is 0 Å². The molecule has 0 heterocycles.